The van der Waals surface area contributed by atoms with E-state index in [1.54, 1.807) is 62.6 Å². The second kappa shape index (κ2) is 9.21. The summed E-state index contributed by atoms with van der Waals surface area (Å²) in [6.07, 6.45) is 0.518. The van der Waals surface area contributed by atoms with E-state index in [0.717, 1.165) is 5.56 Å². The summed E-state index contributed by atoms with van der Waals surface area (Å²) in [5.74, 6) is -0.236. The summed E-state index contributed by atoms with van der Waals surface area (Å²) in [6.45, 7) is 0.164. The maximum absolute atomic E-state index is 12.4. The molecule has 1 N–H and O–H groups in total. The molecule has 2 aromatic rings. The van der Waals surface area contributed by atoms with Crippen LogP contribution < -0.4 is 10.1 Å². The van der Waals surface area contributed by atoms with Crippen molar-refractivity contribution in [1.29, 1.82) is 0 Å². The third kappa shape index (κ3) is 5.22. The Hall–Kier alpha value is -3.68. The first-order chi connectivity index (χ1) is 14.3. The molecule has 30 heavy (non-hydrogen) atoms. The molecule has 1 heterocycles. The highest BCUT2D eigenvalue weighted by molar-refractivity contribution is 6.04. The molecule has 1 fully saturated rings. The van der Waals surface area contributed by atoms with Gasteiger partial charge in [0.2, 0.25) is 11.8 Å². The molecule has 1 aliphatic heterocycles. The van der Waals surface area contributed by atoms with E-state index in [-0.39, 0.29) is 49.6 Å². The molecule has 0 aliphatic carbocycles. The monoisotopic (exact) mass is 409 g/mol. The lowest BCUT2D eigenvalue weighted by Crippen LogP contribution is -2.28. The van der Waals surface area contributed by atoms with Gasteiger partial charge in [-0.3, -0.25) is 24.1 Å². The number of hydrogen-bond acceptors (Lipinski definition) is 5. The summed E-state index contributed by atoms with van der Waals surface area (Å²) < 4.78 is 5.40. The van der Waals surface area contributed by atoms with Crippen LogP contribution in [0.2, 0.25) is 0 Å². The molecule has 1 aliphatic rings. The van der Waals surface area contributed by atoms with Crippen molar-refractivity contribution in [3.05, 3.63) is 59.7 Å². The van der Waals surface area contributed by atoms with Crippen molar-refractivity contribution >= 4 is 29.3 Å². The van der Waals surface area contributed by atoms with Gasteiger partial charge in [0.05, 0.1) is 6.54 Å². The van der Waals surface area contributed by atoms with E-state index in [1.165, 1.54) is 9.80 Å². The fraction of sp³-hybridized carbons (Fsp3) is 0.273. The lowest BCUT2D eigenvalue weighted by molar-refractivity contribution is -0.139. The molecule has 8 heteroatoms. The SMILES string of the molecule is CN(C)C(=O)COc1ccc(NC(=O)c2ccc(CN3C(=O)CCC3=O)cc2)cc1. The van der Waals surface area contributed by atoms with Crippen LogP contribution in [0.25, 0.3) is 0 Å². The van der Waals surface area contributed by atoms with Crippen LogP contribution in [-0.4, -0.2) is 54.1 Å². The lowest BCUT2D eigenvalue weighted by atomic mass is 10.1. The topological polar surface area (TPSA) is 96.0 Å². The van der Waals surface area contributed by atoms with Crippen LogP contribution in [0.1, 0.15) is 28.8 Å². The van der Waals surface area contributed by atoms with Gasteiger partial charge in [-0.2, -0.15) is 0 Å². The normalized spacial score (nSPS) is 13.3. The number of rotatable bonds is 7. The summed E-state index contributed by atoms with van der Waals surface area (Å²) in [5.41, 5.74) is 1.82. The van der Waals surface area contributed by atoms with Crippen LogP contribution >= 0.6 is 0 Å². The summed E-state index contributed by atoms with van der Waals surface area (Å²) in [4.78, 5) is 50.1. The van der Waals surface area contributed by atoms with E-state index in [9.17, 15) is 19.2 Å². The Balaban J connectivity index is 1.54. The molecule has 0 aromatic heterocycles. The van der Waals surface area contributed by atoms with Crippen molar-refractivity contribution in [3.8, 4) is 5.75 Å². The predicted octanol–water partition coefficient (Wildman–Crippen LogP) is 2.05. The molecule has 0 spiro atoms. The third-order valence-electron chi connectivity index (χ3n) is 4.68. The molecule has 0 bridgehead atoms. The zero-order valence-electron chi connectivity index (χ0n) is 16.9. The molecule has 4 amide bonds. The number of nitrogens with zero attached hydrogens (tertiary/aromatic N) is 2. The van der Waals surface area contributed by atoms with Crippen molar-refractivity contribution < 1.29 is 23.9 Å². The Morgan fingerprint density at radius 1 is 0.967 bits per heavy atom. The highest BCUT2D eigenvalue weighted by Crippen LogP contribution is 2.18. The summed E-state index contributed by atoms with van der Waals surface area (Å²) >= 11 is 0. The molecular formula is C22H23N3O5. The average molecular weight is 409 g/mol. The number of anilines is 1. The Labute approximate surface area is 174 Å². The van der Waals surface area contributed by atoms with Gasteiger partial charge >= 0.3 is 0 Å². The van der Waals surface area contributed by atoms with E-state index in [0.29, 0.717) is 17.0 Å². The molecule has 0 atom stereocenters. The Kier molecular flexibility index (Phi) is 6.46. The first-order valence-electron chi connectivity index (χ1n) is 9.50. The van der Waals surface area contributed by atoms with E-state index in [2.05, 4.69) is 5.32 Å². The number of amides is 4. The molecule has 156 valence electrons. The number of nitrogens with one attached hydrogen (secondary N) is 1. The summed E-state index contributed by atoms with van der Waals surface area (Å²) in [5, 5.41) is 2.79. The number of benzene rings is 2. The first kappa shape index (κ1) is 21.0. The number of likely N-dealkylation sites (N-methyl/N-ethyl adjacent to an activating group) is 1. The maximum atomic E-state index is 12.4. The molecule has 8 nitrogen and oxygen atoms in total. The Morgan fingerprint density at radius 2 is 1.57 bits per heavy atom. The van der Waals surface area contributed by atoms with Crippen LogP contribution in [-0.2, 0) is 20.9 Å². The van der Waals surface area contributed by atoms with Crippen LogP contribution in [0.4, 0.5) is 5.69 Å². The number of carbonyl (C=O) groups excluding carboxylic acids is 4. The third-order valence-corrected chi connectivity index (χ3v) is 4.68. The van der Waals surface area contributed by atoms with Gasteiger partial charge in [0.25, 0.3) is 11.8 Å². The number of carbonyl (C=O) groups is 4. The van der Waals surface area contributed by atoms with Crippen molar-refractivity contribution in [3.63, 3.8) is 0 Å². The highest BCUT2D eigenvalue weighted by Gasteiger charge is 2.28. The maximum Gasteiger partial charge on any atom is 0.259 e. The minimum Gasteiger partial charge on any atom is -0.484 e. The van der Waals surface area contributed by atoms with Gasteiger partial charge in [-0.1, -0.05) is 12.1 Å². The number of imide groups is 1. The smallest absolute Gasteiger partial charge is 0.259 e. The number of ether oxygens (including phenoxy) is 1. The second-order valence-electron chi connectivity index (χ2n) is 7.13. The molecule has 2 aromatic carbocycles. The van der Waals surface area contributed by atoms with Gasteiger partial charge in [-0.25, -0.2) is 0 Å². The standard InChI is InChI=1S/C22H23N3O5/c1-24(2)21(28)14-30-18-9-7-17(8-10-18)23-22(29)16-5-3-15(4-6-16)13-25-19(26)11-12-20(25)27/h3-10H,11-14H2,1-2H3,(H,23,29). The van der Waals surface area contributed by atoms with E-state index in [1.807, 2.05) is 0 Å². The van der Waals surface area contributed by atoms with Crippen LogP contribution in [0, 0.1) is 0 Å². The molecule has 0 saturated carbocycles. The van der Waals surface area contributed by atoms with Crippen LogP contribution in [0.5, 0.6) is 5.75 Å². The second-order valence-corrected chi connectivity index (χ2v) is 7.13. The largest absolute Gasteiger partial charge is 0.484 e. The van der Waals surface area contributed by atoms with Gasteiger partial charge in [-0.05, 0) is 42.0 Å². The van der Waals surface area contributed by atoms with Crippen LogP contribution in [0.3, 0.4) is 0 Å². The summed E-state index contributed by atoms with van der Waals surface area (Å²) in [7, 11) is 3.31. The quantitative estimate of drug-likeness (QED) is 0.706. The fourth-order valence-corrected chi connectivity index (χ4v) is 2.86. The van der Waals surface area contributed by atoms with Crippen molar-refractivity contribution in [2.75, 3.05) is 26.0 Å². The fourth-order valence-electron chi connectivity index (χ4n) is 2.86. The van der Waals surface area contributed by atoms with Crippen molar-refractivity contribution in [1.82, 2.24) is 9.80 Å². The molecule has 1 saturated heterocycles. The highest BCUT2D eigenvalue weighted by atomic mass is 16.5. The molecular weight excluding hydrogens is 386 g/mol. The average Bonchev–Trinajstić information content (AvgIpc) is 3.05. The Bertz CT molecular complexity index is 936. The first-order valence-corrected chi connectivity index (χ1v) is 9.50. The van der Waals surface area contributed by atoms with Gasteiger partial charge in [-0.15, -0.1) is 0 Å². The zero-order chi connectivity index (χ0) is 21.7. The molecule has 0 radical (unpaired) electrons. The van der Waals surface area contributed by atoms with E-state index < -0.39 is 0 Å². The van der Waals surface area contributed by atoms with Gasteiger partial charge in [0, 0.05) is 38.2 Å². The number of hydrogen-bond donors (Lipinski definition) is 1. The van der Waals surface area contributed by atoms with Crippen molar-refractivity contribution in [2.24, 2.45) is 0 Å². The van der Waals surface area contributed by atoms with Crippen LogP contribution in [0.15, 0.2) is 48.5 Å². The van der Waals surface area contributed by atoms with E-state index >= 15 is 0 Å². The number of likely N-dealkylation sites (tertiary alicyclic amines) is 1. The minimum atomic E-state index is -0.286. The molecule has 0 unspecified atom stereocenters. The Morgan fingerprint density at radius 3 is 2.13 bits per heavy atom. The lowest BCUT2D eigenvalue weighted by Gasteiger charge is -2.14. The van der Waals surface area contributed by atoms with Crippen molar-refractivity contribution in [2.45, 2.75) is 19.4 Å². The van der Waals surface area contributed by atoms with Gasteiger partial charge < -0.3 is 15.0 Å². The summed E-state index contributed by atoms with van der Waals surface area (Å²) in [6, 6.07) is 13.5. The van der Waals surface area contributed by atoms with Gasteiger partial charge in [0.1, 0.15) is 5.75 Å². The predicted molar refractivity (Wildman–Crippen MR) is 110 cm³/mol. The minimum absolute atomic E-state index is 0.0559. The zero-order valence-corrected chi connectivity index (χ0v) is 16.9. The van der Waals surface area contributed by atoms with E-state index in [4.69, 9.17) is 4.74 Å². The van der Waals surface area contributed by atoms with Gasteiger partial charge in [0.15, 0.2) is 6.61 Å². The molecule has 3 rings (SSSR count).